The molecule has 1 saturated heterocycles. The number of pyridine rings is 1. The Bertz CT molecular complexity index is 492. The number of hydrogen-bond donors (Lipinski definition) is 1. The van der Waals surface area contributed by atoms with Crippen LogP contribution in [0.15, 0.2) is 18.5 Å². The first-order valence-corrected chi connectivity index (χ1v) is 7.31. The number of nitrogens with zero attached hydrogens (tertiary/aromatic N) is 2. The zero-order valence-corrected chi connectivity index (χ0v) is 11.7. The lowest BCUT2D eigenvalue weighted by molar-refractivity contribution is -0.0130. The lowest BCUT2D eigenvalue weighted by Crippen LogP contribution is -2.56. The Balaban J connectivity index is 1.94. The predicted octanol–water partition coefficient (Wildman–Crippen LogP) is 1.49. The molecule has 0 spiro atoms. The number of ketones is 1. The molecule has 1 saturated carbocycles. The van der Waals surface area contributed by atoms with E-state index in [0.29, 0.717) is 24.5 Å². The van der Waals surface area contributed by atoms with Crippen molar-refractivity contribution in [2.24, 2.45) is 0 Å². The number of morpholine rings is 1. The highest BCUT2D eigenvalue weighted by atomic mass is 16.5. The second-order valence-electron chi connectivity index (χ2n) is 5.63. The molecule has 2 fully saturated rings. The molecule has 0 atom stereocenters. The molecule has 1 aromatic rings. The van der Waals surface area contributed by atoms with Crippen LogP contribution < -0.4 is 5.73 Å². The number of aromatic nitrogens is 1. The number of hydrogen-bond acceptors (Lipinski definition) is 5. The molecule has 1 aromatic heterocycles. The third-order valence-electron chi connectivity index (χ3n) is 4.57. The Hall–Kier alpha value is -1.46. The van der Waals surface area contributed by atoms with Crippen molar-refractivity contribution in [1.82, 2.24) is 9.88 Å². The monoisotopic (exact) mass is 275 g/mol. The van der Waals surface area contributed by atoms with Crippen LogP contribution in [0, 0.1) is 0 Å². The minimum atomic E-state index is -0.388. The molecule has 3 rings (SSSR count). The summed E-state index contributed by atoms with van der Waals surface area (Å²) in [5.74, 6) is 0.141. The quantitative estimate of drug-likeness (QED) is 0.846. The minimum absolute atomic E-state index is 0.141. The number of anilines is 1. The molecule has 2 N–H and O–H groups in total. The van der Waals surface area contributed by atoms with E-state index in [1.807, 2.05) is 0 Å². The second kappa shape index (κ2) is 5.50. The largest absolute Gasteiger partial charge is 0.398 e. The summed E-state index contributed by atoms with van der Waals surface area (Å²) in [5.41, 5.74) is 6.69. The number of carbonyl (C=O) groups excluding carboxylic acids is 1. The van der Waals surface area contributed by atoms with Crippen molar-refractivity contribution in [3.63, 3.8) is 0 Å². The van der Waals surface area contributed by atoms with E-state index in [9.17, 15) is 4.79 Å². The lowest BCUT2D eigenvalue weighted by Gasteiger charge is -2.42. The Kier molecular flexibility index (Phi) is 3.72. The zero-order valence-electron chi connectivity index (χ0n) is 11.7. The van der Waals surface area contributed by atoms with E-state index in [2.05, 4.69) is 9.88 Å². The Morgan fingerprint density at radius 3 is 2.65 bits per heavy atom. The summed E-state index contributed by atoms with van der Waals surface area (Å²) in [5, 5.41) is 0. The highest BCUT2D eigenvalue weighted by molar-refractivity contribution is 6.06. The van der Waals surface area contributed by atoms with E-state index in [4.69, 9.17) is 10.5 Å². The van der Waals surface area contributed by atoms with Gasteiger partial charge in [0.2, 0.25) is 0 Å². The number of nitrogens with two attached hydrogens (primary N) is 1. The van der Waals surface area contributed by atoms with Gasteiger partial charge in [-0.1, -0.05) is 12.8 Å². The van der Waals surface area contributed by atoms with Gasteiger partial charge in [-0.15, -0.1) is 0 Å². The molecule has 0 aromatic carbocycles. The molecule has 0 amide bonds. The Morgan fingerprint density at radius 1 is 1.30 bits per heavy atom. The molecule has 5 heteroatoms. The number of rotatable bonds is 3. The predicted molar refractivity (Wildman–Crippen MR) is 76.6 cm³/mol. The zero-order chi connectivity index (χ0) is 14.0. The summed E-state index contributed by atoms with van der Waals surface area (Å²) in [6.45, 7) is 3.06. The van der Waals surface area contributed by atoms with Gasteiger partial charge in [-0.05, 0) is 18.9 Å². The lowest BCUT2D eigenvalue weighted by atomic mass is 9.85. The van der Waals surface area contributed by atoms with E-state index < -0.39 is 0 Å². The van der Waals surface area contributed by atoms with Crippen molar-refractivity contribution in [1.29, 1.82) is 0 Å². The molecule has 1 aliphatic carbocycles. The molecular weight excluding hydrogens is 254 g/mol. The van der Waals surface area contributed by atoms with Crippen molar-refractivity contribution in [2.75, 3.05) is 32.0 Å². The minimum Gasteiger partial charge on any atom is -0.398 e. The van der Waals surface area contributed by atoms with Crippen molar-refractivity contribution in [3.05, 3.63) is 24.0 Å². The average Bonchev–Trinajstić information content (AvgIpc) is 2.99. The summed E-state index contributed by atoms with van der Waals surface area (Å²) >= 11 is 0. The second-order valence-corrected chi connectivity index (χ2v) is 5.63. The highest BCUT2D eigenvalue weighted by Crippen LogP contribution is 2.39. The first-order chi connectivity index (χ1) is 9.74. The van der Waals surface area contributed by atoms with Crippen LogP contribution in [0.4, 0.5) is 5.69 Å². The molecule has 2 aliphatic rings. The summed E-state index contributed by atoms with van der Waals surface area (Å²) in [4.78, 5) is 19.5. The third kappa shape index (κ3) is 2.21. The molecule has 20 heavy (non-hydrogen) atoms. The molecule has 2 heterocycles. The molecule has 0 unspecified atom stereocenters. The topological polar surface area (TPSA) is 68.5 Å². The standard InChI is InChI=1S/C15H21N3O2/c16-13-3-6-17-11-12(13)14(19)15(4-1-2-5-15)18-7-9-20-10-8-18/h3,6,11H,1-2,4-5,7-10H2,(H2,16,17). The van der Waals surface area contributed by atoms with Crippen molar-refractivity contribution in [2.45, 2.75) is 31.2 Å². The number of carbonyl (C=O) groups is 1. The number of nitrogen functional groups attached to an aromatic ring is 1. The van der Waals surface area contributed by atoms with Crippen LogP contribution >= 0.6 is 0 Å². The maximum Gasteiger partial charge on any atom is 0.186 e. The van der Waals surface area contributed by atoms with Gasteiger partial charge in [0.15, 0.2) is 5.78 Å². The van der Waals surface area contributed by atoms with Gasteiger partial charge in [-0.3, -0.25) is 14.7 Å². The summed E-state index contributed by atoms with van der Waals surface area (Å²) < 4.78 is 5.42. The van der Waals surface area contributed by atoms with Gasteiger partial charge < -0.3 is 10.5 Å². The van der Waals surface area contributed by atoms with Gasteiger partial charge in [0.1, 0.15) is 0 Å². The fraction of sp³-hybridized carbons (Fsp3) is 0.600. The van der Waals surface area contributed by atoms with Crippen molar-refractivity contribution in [3.8, 4) is 0 Å². The van der Waals surface area contributed by atoms with Crippen LogP contribution in [0.3, 0.4) is 0 Å². The molecule has 108 valence electrons. The number of ether oxygens (including phenoxy) is 1. The smallest absolute Gasteiger partial charge is 0.186 e. The first-order valence-electron chi connectivity index (χ1n) is 7.31. The molecule has 0 radical (unpaired) electrons. The van der Waals surface area contributed by atoms with Crippen LogP contribution in [0.25, 0.3) is 0 Å². The van der Waals surface area contributed by atoms with E-state index in [1.165, 1.54) is 0 Å². The maximum atomic E-state index is 13.1. The fourth-order valence-corrected chi connectivity index (χ4v) is 3.48. The molecule has 5 nitrogen and oxygen atoms in total. The Morgan fingerprint density at radius 2 is 2.00 bits per heavy atom. The first kappa shape index (κ1) is 13.5. The van der Waals surface area contributed by atoms with E-state index in [-0.39, 0.29) is 11.3 Å². The fourth-order valence-electron chi connectivity index (χ4n) is 3.48. The average molecular weight is 275 g/mol. The molecular formula is C15H21N3O2. The summed E-state index contributed by atoms with van der Waals surface area (Å²) in [7, 11) is 0. The van der Waals surface area contributed by atoms with Gasteiger partial charge in [0, 0.05) is 31.2 Å². The van der Waals surface area contributed by atoms with Gasteiger partial charge >= 0.3 is 0 Å². The number of Topliss-reactive ketones (excluding diaryl/α,β-unsaturated/α-hetero) is 1. The van der Waals surface area contributed by atoms with Gasteiger partial charge in [0.25, 0.3) is 0 Å². The van der Waals surface area contributed by atoms with Crippen LogP contribution in [0.5, 0.6) is 0 Å². The van der Waals surface area contributed by atoms with Crippen LogP contribution in [0.1, 0.15) is 36.0 Å². The maximum absolute atomic E-state index is 13.1. The van der Waals surface area contributed by atoms with Gasteiger partial charge in [-0.2, -0.15) is 0 Å². The highest BCUT2D eigenvalue weighted by Gasteiger charge is 2.47. The summed E-state index contributed by atoms with van der Waals surface area (Å²) in [6, 6.07) is 1.70. The van der Waals surface area contributed by atoms with Crippen LogP contribution in [-0.4, -0.2) is 47.5 Å². The summed E-state index contributed by atoms with van der Waals surface area (Å²) in [6.07, 6.45) is 7.27. The van der Waals surface area contributed by atoms with E-state index >= 15 is 0 Å². The molecule has 0 bridgehead atoms. The third-order valence-corrected chi connectivity index (χ3v) is 4.57. The molecule has 1 aliphatic heterocycles. The van der Waals surface area contributed by atoms with Crippen LogP contribution in [-0.2, 0) is 4.74 Å². The van der Waals surface area contributed by atoms with Crippen molar-refractivity contribution < 1.29 is 9.53 Å². The van der Waals surface area contributed by atoms with E-state index in [1.54, 1.807) is 18.5 Å². The van der Waals surface area contributed by atoms with Crippen LogP contribution in [0.2, 0.25) is 0 Å². The normalized spacial score (nSPS) is 22.8. The van der Waals surface area contributed by atoms with E-state index in [0.717, 1.165) is 38.8 Å². The van der Waals surface area contributed by atoms with Gasteiger partial charge in [-0.25, -0.2) is 0 Å². The van der Waals surface area contributed by atoms with Gasteiger partial charge in [0.05, 0.1) is 24.3 Å². The Labute approximate surface area is 119 Å². The SMILES string of the molecule is Nc1ccncc1C(=O)C1(N2CCOCC2)CCCC1. The van der Waals surface area contributed by atoms with Crippen molar-refractivity contribution >= 4 is 11.5 Å².